The van der Waals surface area contributed by atoms with Crippen LogP contribution in [0.3, 0.4) is 0 Å². The van der Waals surface area contributed by atoms with E-state index in [1.165, 1.54) is 24.8 Å². The minimum Gasteiger partial charge on any atom is -0.347 e. The Labute approximate surface area is 286 Å². The van der Waals surface area contributed by atoms with E-state index in [1.54, 1.807) is 60.7 Å². The third-order valence-corrected chi connectivity index (χ3v) is 7.62. The van der Waals surface area contributed by atoms with Gasteiger partial charge in [0.2, 0.25) is 0 Å². The molecule has 4 amide bonds. The molecule has 2 aromatic carbocycles. The molecule has 50 heavy (non-hydrogen) atoms. The highest BCUT2D eigenvalue weighted by atomic mass is 16.8. The van der Waals surface area contributed by atoms with Crippen LogP contribution < -0.4 is 20.8 Å². The van der Waals surface area contributed by atoms with Crippen molar-refractivity contribution in [1.82, 2.24) is 19.1 Å². The average molecular weight is 675 g/mol. The van der Waals surface area contributed by atoms with E-state index >= 15 is 0 Å². The van der Waals surface area contributed by atoms with Gasteiger partial charge in [-0.3, -0.25) is 9.97 Å². The minimum atomic E-state index is -1.57. The van der Waals surface area contributed by atoms with Gasteiger partial charge in [0, 0.05) is 59.7 Å². The van der Waals surface area contributed by atoms with Crippen LogP contribution in [0.2, 0.25) is 0 Å². The summed E-state index contributed by atoms with van der Waals surface area (Å²) >= 11 is 0. The lowest BCUT2D eigenvalue weighted by atomic mass is 10.2. The number of amides is 4. The number of carbonyl (C=O) groups excluding carboxylic acids is 4. The number of rotatable bonds is 8. The number of anilines is 4. The highest BCUT2D eigenvalue weighted by Gasteiger charge is 2.31. The van der Waals surface area contributed by atoms with Crippen molar-refractivity contribution in [3.63, 3.8) is 0 Å². The number of nitrogens with zero attached hydrogens (tertiary/aromatic N) is 6. The van der Waals surface area contributed by atoms with Crippen molar-refractivity contribution in [3.05, 3.63) is 110 Å². The van der Waals surface area contributed by atoms with Crippen LogP contribution in [0, 0.1) is 0 Å². The Hall–Kier alpha value is -6.70. The largest absolute Gasteiger partial charge is 0.444 e. The first-order chi connectivity index (χ1) is 24.3. The van der Waals surface area contributed by atoms with Gasteiger partial charge < -0.3 is 29.4 Å². The van der Waals surface area contributed by atoms with Gasteiger partial charge in [0.05, 0.1) is 35.1 Å². The molecule has 6 rings (SSSR count). The molecule has 0 aliphatic rings. The molecular weight excluding hydrogens is 640 g/mol. The van der Waals surface area contributed by atoms with E-state index in [9.17, 15) is 19.2 Å². The zero-order chi connectivity index (χ0) is 35.0. The Kier molecular flexibility index (Phi) is 9.98. The molecule has 0 saturated carbocycles. The summed E-state index contributed by atoms with van der Waals surface area (Å²) in [6, 6.07) is 18.4. The quantitative estimate of drug-likeness (QED) is 0.131. The van der Waals surface area contributed by atoms with Gasteiger partial charge in [0.15, 0.2) is 0 Å². The number of pyridine rings is 2. The van der Waals surface area contributed by atoms with E-state index in [0.29, 0.717) is 21.5 Å². The SMILES string of the molecule is CCCn1ccc2cc(N(OC(=O)C(=O)ON(C(=O)Nc3cccnc3)c3ccc4c(ccn4CCC)c3)C(=O)Nc3cccnc3)ccc21. The van der Waals surface area contributed by atoms with Gasteiger partial charge >= 0.3 is 24.0 Å². The fourth-order valence-electron chi connectivity index (χ4n) is 5.38. The lowest BCUT2D eigenvalue weighted by Crippen LogP contribution is -2.43. The number of nitrogens with one attached hydrogen (secondary N) is 2. The predicted molar refractivity (Wildman–Crippen MR) is 188 cm³/mol. The molecule has 254 valence electrons. The molecule has 2 N–H and O–H groups in total. The van der Waals surface area contributed by atoms with Gasteiger partial charge in [-0.1, -0.05) is 13.8 Å². The van der Waals surface area contributed by atoms with E-state index in [-0.39, 0.29) is 11.4 Å². The van der Waals surface area contributed by atoms with Gasteiger partial charge in [0.25, 0.3) is 0 Å². The number of hydroxylamine groups is 2. The van der Waals surface area contributed by atoms with Crippen molar-refractivity contribution >= 4 is 68.6 Å². The Bertz CT molecular complexity index is 1990. The number of hydrogen-bond acceptors (Lipinski definition) is 8. The van der Waals surface area contributed by atoms with Gasteiger partial charge in [0.1, 0.15) is 0 Å². The van der Waals surface area contributed by atoms with Crippen molar-refractivity contribution in [2.24, 2.45) is 0 Å². The van der Waals surface area contributed by atoms with Gasteiger partial charge in [-0.15, -0.1) is 10.1 Å². The Morgan fingerprint density at radius 3 is 1.46 bits per heavy atom. The second kappa shape index (κ2) is 15.0. The van der Waals surface area contributed by atoms with Gasteiger partial charge in [-0.2, -0.15) is 0 Å². The van der Waals surface area contributed by atoms with Crippen LogP contribution in [0.15, 0.2) is 110 Å². The first-order valence-electron chi connectivity index (χ1n) is 16.0. The zero-order valence-corrected chi connectivity index (χ0v) is 27.4. The van der Waals surface area contributed by atoms with Crippen LogP contribution in [0.5, 0.6) is 0 Å². The fraction of sp³-hybridized carbons (Fsp3) is 0.167. The molecular formula is C36H34N8O6. The van der Waals surface area contributed by atoms with Crippen molar-refractivity contribution in [2.45, 2.75) is 39.8 Å². The molecule has 0 atom stereocenters. The highest BCUT2D eigenvalue weighted by molar-refractivity contribution is 6.31. The lowest BCUT2D eigenvalue weighted by molar-refractivity contribution is -0.167. The first kappa shape index (κ1) is 33.2. The third kappa shape index (κ3) is 7.39. The summed E-state index contributed by atoms with van der Waals surface area (Å²) < 4.78 is 4.12. The van der Waals surface area contributed by atoms with Crippen LogP contribution in [-0.4, -0.2) is 43.1 Å². The molecule has 0 radical (unpaired) electrons. The maximum Gasteiger partial charge on any atom is 0.444 e. The minimum absolute atomic E-state index is 0.155. The third-order valence-electron chi connectivity index (χ3n) is 7.62. The first-order valence-corrected chi connectivity index (χ1v) is 16.0. The molecule has 4 aromatic heterocycles. The molecule has 14 nitrogen and oxygen atoms in total. The normalized spacial score (nSPS) is 10.8. The van der Waals surface area contributed by atoms with E-state index in [4.69, 9.17) is 9.68 Å². The molecule has 14 heteroatoms. The maximum atomic E-state index is 13.5. The summed E-state index contributed by atoms with van der Waals surface area (Å²) in [6.07, 6.45) is 11.6. The van der Waals surface area contributed by atoms with Gasteiger partial charge in [-0.25, -0.2) is 19.2 Å². The summed E-state index contributed by atoms with van der Waals surface area (Å²) in [4.78, 5) is 72.5. The molecule has 0 aliphatic heterocycles. The molecule has 0 unspecified atom stereocenters. The van der Waals surface area contributed by atoms with Crippen molar-refractivity contribution in [1.29, 1.82) is 0 Å². The van der Waals surface area contributed by atoms with Crippen LogP contribution in [0.25, 0.3) is 21.8 Å². The van der Waals surface area contributed by atoms with Crippen molar-refractivity contribution in [3.8, 4) is 0 Å². The maximum absolute atomic E-state index is 13.5. The van der Waals surface area contributed by atoms with Crippen LogP contribution in [0.1, 0.15) is 26.7 Å². The standard InChI is InChI=1S/C36H34N8O6/c1-3-17-41-19-13-25-21-29(9-11-31(25)41)43(35(47)39-27-7-5-15-37-23-27)49-33(45)34(46)50-44(36(48)40-28-8-6-16-38-24-28)30-10-12-32-26(22-30)14-20-42(32)18-4-2/h5-16,19-24H,3-4,17-18H2,1-2H3,(H,39,47)(H,40,48). The van der Waals surface area contributed by atoms with E-state index in [1.807, 2.05) is 24.5 Å². The predicted octanol–water partition coefficient (Wildman–Crippen LogP) is 6.90. The van der Waals surface area contributed by atoms with Crippen LogP contribution in [0.4, 0.5) is 32.3 Å². The van der Waals surface area contributed by atoms with Crippen molar-refractivity contribution < 1.29 is 28.9 Å². The molecule has 4 heterocycles. The number of hydrogen-bond donors (Lipinski definition) is 2. The number of fused-ring (bicyclic) bond motifs is 2. The fourth-order valence-corrected chi connectivity index (χ4v) is 5.38. The average Bonchev–Trinajstić information content (AvgIpc) is 3.73. The number of benzene rings is 2. The zero-order valence-electron chi connectivity index (χ0n) is 27.4. The summed E-state index contributed by atoms with van der Waals surface area (Å²) in [5.41, 5.74) is 2.76. The molecule has 0 aliphatic carbocycles. The number of carbonyl (C=O) groups is 4. The monoisotopic (exact) mass is 674 g/mol. The van der Waals surface area contributed by atoms with E-state index < -0.39 is 24.0 Å². The summed E-state index contributed by atoms with van der Waals surface area (Å²) in [6.45, 7) is 5.71. The van der Waals surface area contributed by atoms with E-state index in [2.05, 4.69) is 43.6 Å². The second-order valence-corrected chi connectivity index (χ2v) is 11.2. The lowest BCUT2D eigenvalue weighted by Gasteiger charge is -2.23. The number of aromatic nitrogens is 4. The summed E-state index contributed by atoms with van der Waals surface area (Å²) in [7, 11) is 0. The summed E-state index contributed by atoms with van der Waals surface area (Å²) in [5, 5.41) is 8.06. The molecule has 0 spiro atoms. The topological polar surface area (TPSA) is 153 Å². The molecule has 6 aromatic rings. The summed E-state index contributed by atoms with van der Waals surface area (Å²) in [5.74, 6) is -3.13. The smallest absolute Gasteiger partial charge is 0.347 e. The number of urea groups is 2. The van der Waals surface area contributed by atoms with Gasteiger partial charge in [-0.05, 0) is 85.6 Å². The molecule has 0 saturated heterocycles. The Morgan fingerprint density at radius 1 is 0.640 bits per heavy atom. The second-order valence-electron chi connectivity index (χ2n) is 11.2. The number of aryl methyl sites for hydroxylation is 2. The highest BCUT2D eigenvalue weighted by Crippen LogP contribution is 2.27. The van der Waals surface area contributed by atoms with Crippen LogP contribution >= 0.6 is 0 Å². The van der Waals surface area contributed by atoms with Crippen LogP contribution in [-0.2, 0) is 32.4 Å². The van der Waals surface area contributed by atoms with E-state index in [0.717, 1.165) is 47.7 Å². The Morgan fingerprint density at radius 2 is 1.08 bits per heavy atom. The molecule has 0 bridgehead atoms. The molecule has 0 fully saturated rings. The van der Waals surface area contributed by atoms with Crippen molar-refractivity contribution in [2.75, 3.05) is 20.8 Å². The Balaban J connectivity index is 1.28.